The Morgan fingerprint density at radius 1 is 0.867 bits per heavy atom. The zero-order valence-corrected chi connectivity index (χ0v) is 27.4. The second kappa shape index (κ2) is 14.3. The van der Waals surface area contributed by atoms with E-state index in [2.05, 4.69) is 60.8 Å². The van der Waals surface area contributed by atoms with E-state index in [9.17, 15) is 13.2 Å². The monoisotopic (exact) mass is 660 g/mol. The van der Waals surface area contributed by atoms with Gasteiger partial charge < -0.3 is 9.88 Å². The Morgan fingerprint density at radius 3 is 2.11 bits per heavy atom. The van der Waals surface area contributed by atoms with Gasteiger partial charge in [0, 0.05) is 34.6 Å². The van der Waals surface area contributed by atoms with Crippen molar-refractivity contribution in [2.75, 3.05) is 18.1 Å². The Bertz CT molecular complexity index is 1890. The maximum atomic E-state index is 11.9. The molecule has 0 bridgehead atoms. The molecule has 0 saturated heterocycles. The predicted octanol–water partition coefficient (Wildman–Crippen LogP) is 7.93. The number of carbonyl (C=O) groups is 1. The molecule has 4 aromatic carbocycles. The first-order valence-corrected chi connectivity index (χ1v) is 17.3. The van der Waals surface area contributed by atoms with Crippen LogP contribution in [0.4, 0.5) is 5.69 Å². The van der Waals surface area contributed by atoms with Crippen LogP contribution in [0.25, 0.3) is 28.1 Å². The number of benzene rings is 4. The van der Waals surface area contributed by atoms with E-state index in [4.69, 9.17) is 28.2 Å². The molecule has 0 aliphatic rings. The van der Waals surface area contributed by atoms with E-state index in [0.717, 1.165) is 40.9 Å². The van der Waals surface area contributed by atoms with Gasteiger partial charge in [0.2, 0.25) is 10.0 Å². The fourth-order valence-corrected chi connectivity index (χ4v) is 5.99. The molecular weight excluding hydrogens is 627 g/mol. The molecule has 0 spiro atoms. The van der Waals surface area contributed by atoms with Crippen molar-refractivity contribution >= 4 is 44.8 Å². The summed E-state index contributed by atoms with van der Waals surface area (Å²) in [6.45, 7) is 2.03. The average Bonchev–Trinajstić information content (AvgIpc) is 3.42. The molecule has 1 aromatic heterocycles. The molecule has 1 amide bonds. The standard InChI is InChI=1S/C35H34Cl2N4O3S/c1-3-4-5-24-6-10-26(11-7-24)27-12-8-25(9-13-27)20-34-39-33(31-19-14-28(36)21-32(31)37)23-41(34)30-17-15-29(16-18-30)38-22-35(42)40-45(2,43)44/h6-19,21,23,38H,3-5,20,22H2,1-2H3,(H,40,42). The number of imidazole rings is 1. The van der Waals surface area contributed by atoms with Crippen LogP contribution in [0.5, 0.6) is 0 Å². The number of unbranched alkanes of at least 4 members (excludes halogenated alkanes) is 1. The van der Waals surface area contributed by atoms with Crippen LogP contribution >= 0.6 is 23.2 Å². The fourth-order valence-electron chi connectivity index (χ4n) is 5.00. The number of rotatable bonds is 12. The number of amides is 1. The molecule has 0 unspecified atom stereocenters. The molecule has 5 aromatic rings. The van der Waals surface area contributed by atoms with E-state index < -0.39 is 15.9 Å². The van der Waals surface area contributed by atoms with Crippen molar-refractivity contribution in [2.45, 2.75) is 32.6 Å². The van der Waals surface area contributed by atoms with Crippen molar-refractivity contribution in [3.8, 4) is 28.1 Å². The summed E-state index contributed by atoms with van der Waals surface area (Å²) in [6, 6.07) is 30.1. The van der Waals surface area contributed by atoms with Crippen LogP contribution in [0.15, 0.2) is 97.2 Å². The number of hydrogen-bond acceptors (Lipinski definition) is 5. The molecule has 1 heterocycles. The Balaban J connectivity index is 1.39. The molecule has 45 heavy (non-hydrogen) atoms. The lowest BCUT2D eigenvalue weighted by Gasteiger charge is -2.11. The number of sulfonamides is 1. The number of aryl methyl sites for hydroxylation is 1. The topological polar surface area (TPSA) is 93.1 Å². The van der Waals surface area contributed by atoms with Crippen molar-refractivity contribution in [3.05, 3.63) is 124 Å². The van der Waals surface area contributed by atoms with Gasteiger partial charge in [-0.25, -0.2) is 13.4 Å². The second-order valence-corrected chi connectivity index (χ2v) is 13.5. The summed E-state index contributed by atoms with van der Waals surface area (Å²) in [5, 5.41) is 4.00. The van der Waals surface area contributed by atoms with Gasteiger partial charge in [-0.05, 0) is 77.6 Å². The molecule has 0 aliphatic heterocycles. The number of anilines is 1. The Hall–Kier alpha value is -4.11. The van der Waals surface area contributed by atoms with Crippen LogP contribution in [0.1, 0.15) is 36.7 Å². The first-order chi connectivity index (χ1) is 21.6. The quantitative estimate of drug-likeness (QED) is 0.142. The summed E-state index contributed by atoms with van der Waals surface area (Å²) < 4.78 is 26.6. The largest absolute Gasteiger partial charge is 0.376 e. The van der Waals surface area contributed by atoms with E-state index in [1.54, 1.807) is 12.1 Å². The van der Waals surface area contributed by atoms with Crippen LogP contribution in [0, 0.1) is 0 Å². The van der Waals surface area contributed by atoms with Gasteiger partial charge in [0.15, 0.2) is 0 Å². The molecule has 2 N–H and O–H groups in total. The van der Waals surface area contributed by atoms with Crippen molar-refractivity contribution in [2.24, 2.45) is 0 Å². The highest BCUT2D eigenvalue weighted by Gasteiger charge is 2.15. The summed E-state index contributed by atoms with van der Waals surface area (Å²) in [6.07, 6.45) is 6.95. The number of carbonyl (C=O) groups excluding carboxylic acids is 1. The van der Waals surface area contributed by atoms with Gasteiger partial charge in [-0.15, -0.1) is 0 Å². The normalized spacial score (nSPS) is 11.4. The lowest BCUT2D eigenvalue weighted by atomic mass is 10.00. The Morgan fingerprint density at radius 2 is 1.51 bits per heavy atom. The molecule has 0 radical (unpaired) electrons. The van der Waals surface area contributed by atoms with Crippen LogP contribution in [0.3, 0.4) is 0 Å². The summed E-state index contributed by atoms with van der Waals surface area (Å²) in [7, 11) is -3.62. The van der Waals surface area contributed by atoms with Crippen LogP contribution < -0.4 is 10.0 Å². The fraction of sp³-hybridized carbons (Fsp3) is 0.200. The maximum Gasteiger partial charge on any atom is 0.252 e. The maximum absolute atomic E-state index is 11.9. The SMILES string of the molecule is CCCCc1ccc(-c2ccc(Cc3nc(-c4ccc(Cl)cc4Cl)cn3-c3ccc(NCC(=O)NS(C)(=O)=O)cc3)cc2)cc1. The third kappa shape index (κ3) is 8.75. The van der Waals surface area contributed by atoms with Crippen molar-refractivity contribution in [3.63, 3.8) is 0 Å². The summed E-state index contributed by atoms with van der Waals surface area (Å²) >= 11 is 12.7. The van der Waals surface area contributed by atoms with Gasteiger partial charge in [-0.3, -0.25) is 9.52 Å². The molecule has 0 fully saturated rings. The molecule has 232 valence electrons. The van der Waals surface area contributed by atoms with E-state index >= 15 is 0 Å². The van der Waals surface area contributed by atoms with Crippen molar-refractivity contribution in [1.29, 1.82) is 0 Å². The highest BCUT2D eigenvalue weighted by atomic mass is 35.5. The van der Waals surface area contributed by atoms with Gasteiger partial charge in [0.1, 0.15) is 5.82 Å². The summed E-state index contributed by atoms with van der Waals surface area (Å²) in [5.41, 5.74) is 7.83. The van der Waals surface area contributed by atoms with Gasteiger partial charge in [-0.2, -0.15) is 0 Å². The minimum absolute atomic E-state index is 0.180. The van der Waals surface area contributed by atoms with Crippen LogP contribution in [-0.4, -0.2) is 36.7 Å². The molecule has 5 rings (SSSR count). The lowest BCUT2D eigenvalue weighted by Crippen LogP contribution is -2.34. The third-order valence-electron chi connectivity index (χ3n) is 7.31. The van der Waals surface area contributed by atoms with Gasteiger partial charge in [0.25, 0.3) is 5.91 Å². The molecule has 7 nitrogen and oxygen atoms in total. The first kappa shape index (κ1) is 32.3. The summed E-state index contributed by atoms with van der Waals surface area (Å²) in [5.74, 6) is 0.176. The Labute approximate surface area is 274 Å². The minimum Gasteiger partial charge on any atom is -0.376 e. The number of hydrogen-bond donors (Lipinski definition) is 2. The second-order valence-electron chi connectivity index (χ2n) is 10.9. The zero-order chi connectivity index (χ0) is 32.0. The highest BCUT2D eigenvalue weighted by molar-refractivity contribution is 7.89. The molecular formula is C35H34Cl2N4O3S. The van der Waals surface area contributed by atoms with Crippen molar-refractivity contribution in [1.82, 2.24) is 14.3 Å². The van der Waals surface area contributed by atoms with E-state index in [0.29, 0.717) is 27.8 Å². The number of halogens is 2. The highest BCUT2D eigenvalue weighted by Crippen LogP contribution is 2.32. The zero-order valence-electron chi connectivity index (χ0n) is 25.1. The molecule has 10 heteroatoms. The first-order valence-electron chi connectivity index (χ1n) is 14.6. The summed E-state index contributed by atoms with van der Waals surface area (Å²) in [4.78, 5) is 16.9. The van der Waals surface area contributed by atoms with E-state index in [-0.39, 0.29) is 6.54 Å². The molecule has 0 saturated carbocycles. The van der Waals surface area contributed by atoms with Crippen LogP contribution in [0.2, 0.25) is 10.0 Å². The van der Waals surface area contributed by atoms with E-state index in [1.807, 2.05) is 45.8 Å². The average molecular weight is 662 g/mol. The predicted molar refractivity (Wildman–Crippen MR) is 184 cm³/mol. The third-order valence-corrected chi connectivity index (χ3v) is 8.45. The Kier molecular flexibility index (Phi) is 10.3. The van der Waals surface area contributed by atoms with Gasteiger partial charge >= 0.3 is 0 Å². The van der Waals surface area contributed by atoms with Crippen LogP contribution in [-0.2, 0) is 27.7 Å². The smallest absolute Gasteiger partial charge is 0.252 e. The van der Waals surface area contributed by atoms with Gasteiger partial charge in [-0.1, -0.05) is 85.1 Å². The number of nitrogens with zero attached hydrogens (tertiary/aromatic N) is 2. The van der Waals surface area contributed by atoms with Gasteiger partial charge in [0.05, 0.1) is 23.5 Å². The van der Waals surface area contributed by atoms with E-state index in [1.165, 1.54) is 24.0 Å². The number of nitrogens with one attached hydrogen (secondary N) is 2. The lowest BCUT2D eigenvalue weighted by molar-refractivity contribution is -0.117. The molecule has 0 atom stereocenters. The molecule has 0 aliphatic carbocycles. The van der Waals surface area contributed by atoms with Crippen molar-refractivity contribution < 1.29 is 13.2 Å². The minimum atomic E-state index is -3.62. The number of aromatic nitrogens is 2.